The maximum Gasteiger partial charge on any atom is 0.225 e. The second kappa shape index (κ2) is 4.90. The number of hydrogen-bond acceptors (Lipinski definition) is 3. The van der Waals surface area contributed by atoms with Crippen LogP contribution in [-0.2, 0) is 6.54 Å². The summed E-state index contributed by atoms with van der Waals surface area (Å²) < 4.78 is 0. The molecule has 0 bridgehead atoms. The van der Waals surface area contributed by atoms with Gasteiger partial charge in [-0.3, -0.25) is 0 Å². The highest BCUT2D eigenvalue weighted by Crippen LogP contribution is 2.24. The quantitative estimate of drug-likeness (QED) is 0.745. The van der Waals surface area contributed by atoms with Crippen LogP contribution < -0.4 is 4.90 Å². The van der Waals surface area contributed by atoms with Crippen LogP contribution in [0.3, 0.4) is 0 Å². The van der Waals surface area contributed by atoms with Gasteiger partial charge in [-0.15, -0.1) is 0 Å². The normalized spacial score (nSPS) is 10.8. The number of rotatable bonds is 3. The van der Waals surface area contributed by atoms with Gasteiger partial charge in [0, 0.05) is 19.8 Å². The van der Waals surface area contributed by atoms with Crippen LogP contribution in [0.15, 0.2) is 42.6 Å². The molecule has 0 amide bonds. The molecule has 1 N–H and O–H groups in total. The summed E-state index contributed by atoms with van der Waals surface area (Å²) in [6.45, 7) is 0.766. The molecule has 0 saturated carbocycles. The average molecular weight is 273 g/mol. The fraction of sp³-hybridized carbons (Fsp3) is 0.143. The minimum atomic E-state index is 0.266. The zero-order valence-electron chi connectivity index (χ0n) is 10.5. The van der Waals surface area contributed by atoms with Crippen LogP contribution in [0.5, 0.6) is 0 Å². The van der Waals surface area contributed by atoms with Crippen LogP contribution in [0.1, 0.15) is 5.56 Å². The zero-order valence-corrected chi connectivity index (χ0v) is 11.2. The Morgan fingerprint density at radius 3 is 2.74 bits per heavy atom. The van der Waals surface area contributed by atoms with Crippen molar-refractivity contribution < 1.29 is 0 Å². The number of aromatic nitrogens is 3. The van der Waals surface area contributed by atoms with E-state index < -0.39 is 0 Å². The molecule has 0 aliphatic rings. The van der Waals surface area contributed by atoms with Gasteiger partial charge in [0.1, 0.15) is 5.52 Å². The lowest BCUT2D eigenvalue weighted by Gasteiger charge is -2.18. The molecule has 3 aromatic rings. The molecule has 1 aromatic carbocycles. The van der Waals surface area contributed by atoms with E-state index in [4.69, 9.17) is 11.6 Å². The molecule has 0 fully saturated rings. The lowest BCUT2D eigenvalue weighted by Crippen LogP contribution is -2.18. The van der Waals surface area contributed by atoms with Gasteiger partial charge in [-0.1, -0.05) is 30.3 Å². The summed E-state index contributed by atoms with van der Waals surface area (Å²) in [5.74, 6) is 0.809. The van der Waals surface area contributed by atoms with Gasteiger partial charge in [-0.25, -0.2) is 4.98 Å². The Balaban J connectivity index is 1.97. The highest BCUT2D eigenvalue weighted by atomic mass is 35.5. The van der Waals surface area contributed by atoms with Gasteiger partial charge in [0.05, 0.1) is 5.52 Å². The Labute approximate surface area is 116 Å². The van der Waals surface area contributed by atoms with Crippen molar-refractivity contribution in [3.63, 3.8) is 0 Å². The third kappa shape index (κ3) is 2.39. The Morgan fingerprint density at radius 2 is 1.95 bits per heavy atom. The maximum atomic E-state index is 5.97. The number of halogens is 1. The van der Waals surface area contributed by atoms with Crippen molar-refractivity contribution in [2.75, 3.05) is 11.9 Å². The molecule has 19 heavy (non-hydrogen) atoms. The number of nitrogens with zero attached hydrogens (tertiary/aromatic N) is 3. The van der Waals surface area contributed by atoms with Crippen LogP contribution in [0.2, 0.25) is 5.28 Å². The van der Waals surface area contributed by atoms with Gasteiger partial charge >= 0.3 is 0 Å². The fourth-order valence-electron chi connectivity index (χ4n) is 2.11. The summed E-state index contributed by atoms with van der Waals surface area (Å²) in [5, 5.41) is 0.266. The predicted molar refractivity (Wildman–Crippen MR) is 77.4 cm³/mol. The van der Waals surface area contributed by atoms with E-state index in [0.717, 1.165) is 23.4 Å². The first-order valence-corrected chi connectivity index (χ1v) is 6.37. The summed E-state index contributed by atoms with van der Waals surface area (Å²) in [5.41, 5.74) is 2.96. The molecule has 0 radical (unpaired) electrons. The molecular weight excluding hydrogens is 260 g/mol. The number of fused-ring (bicyclic) bond motifs is 1. The Kier molecular flexibility index (Phi) is 3.09. The van der Waals surface area contributed by atoms with Crippen molar-refractivity contribution in [2.45, 2.75) is 6.54 Å². The summed E-state index contributed by atoms with van der Waals surface area (Å²) in [6.07, 6.45) is 1.84. The van der Waals surface area contributed by atoms with Crippen molar-refractivity contribution in [1.82, 2.24) is 15.0 Å². The van der Waals surface area contributed by atoms with E-state index in [1.54, 1.807) is 0 Å². The Bertz CT molecular complexity index is 693. The molecule has 0 atom stereocenters. The monoisotopic (exact) mass is 272 g/mol. The number of hydrogen-bond donors (Lipinski definition) is 1. The number of H-pyrrole nitrogens is 1. The second-order valence-electron chi connectivity index (χ2n) is 4.40. The van der Waals surface area contributed by atoms with Gasteiger partial charge in [-0.05, 0) is 23.2 Å². The van der Waals surface area contributed by atoms with Gasteiger partial charge in [0.15, 0.2) is 5.82 Å². The molecule has 3 rings (SSSR count). The van der Waals surface area contributed by atoms with E-state index in [-0.39, 0.29) is 5.28 Å². The van der Waals surface area contributed by atoms with Gasteiger partial charge in [0.2, 0.25) is 5.28 Å². The number of aromatic amines is 1. The number of benzene rings is 1. The van der Waals surface area contributed by atoms with Crippen molar-refractivity contribution in [3.05, 3.63) is 53.4 Å². The first kappa shape index (κ1) is 12.0. The third-order valence-electron chi connectivity index (χ3n) is 2.98. The van der Waals surface area contributed by atoms with Crippen LogP contribution in [-0.4, -0.2) is 22.0 Å². The van der Waals surface area contributed by atoms with E-state index in [1.165, 1.54) is 5.56 Å². The fourth-order valence-corrected chi connectivity index (χ4v) is 2.28. The van der Waals surface area contributed by atoms with Crippen LogP contribution in [0.25, 0.3) is 11.0 Å². The molecule has 4 nitrogen and oxygen atoms in total. The molecule has 0 aliphatic carbocycles. The van der Waals surface area contributed by atoms with E-state index in [1.807, 2.05) is 37.5 Å². The molecule has 2 heterocycles. The van der Waals surface area contributed by atoms with Gasteiger partial charge in [-0.2, -0.15) is 4.98 Å². The topological polar surface area (TPSA) is 44.8 Å². The molecule has 96 valence electrons. The predicted octanol–water partition coefficient (Wildman–Crippen LogP) is 3.25. The maximum absolute atomic E-state index is 5.97. The second-order valence-corrected chi connectivity index (χ2v) is 4.73. The third-order valence-corrected chi connectivity index (χ3v) is 3.15. The molecule has 5 heteroatoms. The Morgan fingerprint density at radius 1 is 1.16 bits per heavy atom. The zero-order chi connectivity index (χ0) is 13.2. The highest BCUT2D eigenvalue weighted by molar-refractivity contribution is 6.28. The molecule has 2 aromatic heterocycles. The average Bonchev–Trinajstić information content (AvgIpc) is 2.86. The van der Waals surface area contributed by atoms with Crippen molar-refractivity contribution in [3.8, 4) is 0 Å². The first-order chi connectivity index (χ1) is 9.24. The summed E-state index contributed by atoms with van der Waals surface area (Å²) in [6, 6.07) is 12.1. The van der Waals surface area contributed by atoms with Crippen LogP contribution in [0.4, 0.5) is 5.82 Å². The molecular formula is C14H13ClN4. The van der Waals surface area contributed by atoms with Crippen LogP contribution >= 0.6 is 11.6 Å². The largest absolute Gasteiger partial charge is 0.357 e. The molecule has 0 spiro atoms. The standard InChI is InChI=1S/C14H13ClN4/c1-19(9-10-5-3-2-4-6-10)13-12-11(7-8-16-12)17-14(15)18-13/h2-8,16H,9H2,1H3. The lowest BCUT2D eigenvalue weighted by atomic mass is 10.2. The molecule has 0 aliphatic heterocycles. The van der Waals surface area contributed by atoms with E-state index in [0.29, 0.717) is 0 Å². The smallest absolute Gasteiger partial charge is 0.225 e. The Hall–Kier alpha value is -2.07. The minimum Gasteiger partial charge on any atom is -0.357 e. The molecule has 0 saturated heterocycles. The van der Waals surface area contributed by atoms with Crippen LogP contribution in [0, 0.1) is 0 Å². The van der Waals surface area contributed by atoms with Gasteiger partial charge < -0.3 is 9.88 Å². The van der Waals surface area contributed by atoms with Crippen molar-refractivity contribution in [2.24, 2.45) is 0 Å². The summed E-state index contributed by atoms with van der Waals surface area (Å²) in [7, 11) is 1.99. The van der Waals surface area contributed by atoms with Gasteiger partial charge in [0.25, 0.3) is 0 Å². The molecule has 0 unspecified atom stereocenters. The van der Waals surface area contributed by atoms with E-state index in [2.05, 4.69) is 32.0 Å². The summed E-state index contributed by atoms with van der Waals surface area (Å²) in [4.78, 5) is 13.7. The number of anilines is 1. The first-order valence-electron chi connectivity index (χ1n) is 6.00. The minimum absolute atomic E-state index is 0.266. The number of nitrogens with one attached hydrogen (secondary N) is 1. The lowest BCUT2D eigenvalue weighted by molar-refractivity contribution is 0.898. The summed E-state index contributed by atoms with van der Waals surface area (Å²) >= 11 is 5.97. The van der Waals surface area contributed by atoms with Crippen molar-refractivity contribution >= 4 is 28.5 Å². The van der Waals surface area contributed by atoms with E-state index >= 15 is 0 Å². The highest BCUT2D eigenvalue weighted by Gasteiger charge is 2.12. The van der Waals surface area contributed by atoms with E-state index in [9.17, 15) is 0 Å². The SMILES string of the molecule is CN(Cc1ccccc1)c1nc(Cl)nc2cc[nH]c12. The van der Waals surface area contributed by atoms with Crippen molar-refractivity contribution in [1.29, 1.82) is 0 Å².